The summed E-state index contributed by atoms with van der Waals surface area (Å²) >= 11 is 0. The second kappa shape index (κ2) is 9.12. The molecule has 9 heteroatoms. The lowest BCUT2D eigenvalue weighted by molar-refractivity contribution is -0.123. The summed E-state index contributed by atoms with van der Waals surface area (Å²) < 4.78 is 15.5. The maximum atomic E-state index is 12.4. The van der Waals surface area contributed by atoms with Gasteiger partial charge in [-0.3, -0.25) is 9.59 Å². The summed E-state index contributed by atoms with van der Waals surface area (Å²) in [4.78, 5) is 48.1. The highest BCUT2D eigenvalue weighted by molar-refractivity contribution is 5.98. The number of esters is 1. The maximum Gasteiger partial charge on any atom is 0.351 e. The van der Waals surface area contributed by atoms with E-state index in [-0.39, 0.29) is 17.1 Å². The van der Waals surface area contributed by atoms with E-state index in [0.29, 0.717) is 22.5 Å². The lowest BCUT2D eigenvalue weighted by atomic mass is 10.1. The topological polar surface area (TPSA) is 124 Å². The van der Waals surface area contributed by atoms with Gasteiger partial charge in [0, 0.05) is 23.7 Å². The number of rotatable bonds is 6. The Morgan fingerprint density at radius 3 is 2.26 bits per heavy atom. The predicted molar refractivity (Wildman–Crippen MR) is 113 cm³/mol. The smallest absolute Gasteiger partial charge is 0.351 e. The Kier molecular flexibility index (Phi) is 6.35. The van der Waals surface area contributed by atoms with E-state index in [1.54, 1.807) is 42.5 Å². The van der Waals surface area contributed by atoms with Crippen LogP contribution in [0, 0.1) is 0 Å². The summed E-state index contributed by atoms with van der Waals surface area (Å²) in [6.07, 6.45) is -1.18. The van der Waals surface area contributed by atoms with E-state index in [0.717, 1.165) is 0 Å². The first-order chi connectivity index (χ1) is 14.8. The predicted octanol–water partition coefficient (Wildman–Crippen LogP) is 2.94. The molecule has 2 N–H and O–H groups in total. The summed E-state index contributed by atoms with van der Waals surface area (Å²) in [6.45, 7) is 2.77. The van der Waals surface area contributed by atoms with E-state index >= 15 is 0 Å². The number of carbonyl (C=O) groups excluding carboxylic acids is 3. The third-order valence-electron chi connectivity index (χ3n) is 4.29. The minimum absolute atomic E-state index is 0.208. The van der Waals surface area contributed by atoms with Crippen molar-refractivity contribution in [2.45, 2.75) is 20.0 Å². The van der Waals surface area contributed by atoms with Gasteiger partial charge in [0.15, 0.2) is 17.4 Å². The number of methoxy groups -OCH3 is 1. The molecule has 0 saturated heterocycles. The molecule has 0 bridgehead atoms. The van der Waals surface area contributed by atoms with Crippen LogP contribution in [0.2, 0.25) is 0 Å². The van der Waals surface area contributed by atoms with E-state index in [2.05, 4.69) is 10.6 Å². The van der Waals surface area contributed by atoms with Crippen molar-refractivity contribution in [1.82, 2.24) is 0 Å². The van der Waals surface area contributed by atoms with Gasteiger partial charge >= 0.3 is 11.6 Å². The highest BCUT2D eigenvalue weighted by atomic mass is 16.5. The molecule has 2 amide bonds. The molecule has 0 aliphatic rings. The number of anilines is 2. The van der Waals surface area contributed by atoms with Crippen LogP contribution in [0.15, 0.2) is 57.7 Å². The van der Waals surface area contributed by atoms with Crippen LogP contribution in [-0.2, 0) is 14.3 Å². The van der Waals surface area contributed by atoms with Crippen LogP contribution in [-0.4, -0.2) is 31.0 Å². The van der Waals surface area contributed by atoms with Crippen molar-refractivity contribution in [3.63, 3.8) is 0 Å². The Morgan fingerprint density at radius 1 is 1.00 bits per heavy atom. The zero-order valence-electron chi connectivity index (χ0n) is 17.1. The van der Waals surface area contributed by atoms with Gasteiger partial charge in [0.1, 0.15) is 5.56 Å². The first kappa shape index (κ1) is 21.6. The fourth-order valence-corrected chi connectivity index (χ4v) is 2.78. The number of benzene rings is 2. The van der Waals surface area contributed by atoms with E-state index in [1.165, 1.54) is 27.0 Å². The summed E-state index contributed by atoms with van der Waals surface area (Å²) in [5.74, 6) is -1.43. The van der Waals surface area contributed by atoms with Gasteiger partial charge in [0.2, 0.25) is 5.91 Å². The van der Waals surface area contributed by atoms with Gasteiger partial charge in [-0.15, -0.1) is 0 Å². The number of carbonyl (C=O) groups is 3. The fourth-order valence-electron chi connectivity index (χ4n) is 2.78. The lowest BCUT2D eigenvalue weighted by Crippen LogP contribution is -2.31. The van der Waals surface area contributed by atoms with E-state index < -0.39 is 23.6 Å². The molecule has 1 unspecified atom stereocenters. The van der Waals surface area contributed by atoms with Crippen molar-refractivity contribution < 1.29 is 28.3 Å². The summed E-state index contributed by atoms with van der Waals surface area (Å²) in [7, 11) is 1.44. The van der Waals surface area contributed by atoms with Crippen molar-refractivity contribution in [2.24, 2.45) is 0 Å². The third kappa shape index (κ3) is 5.08. The first-order valence-electron chi connectivity index (χ1n) is 9.29. The molecule has 9 nitrogen and oxygen atoms in total. The quantitative estimate of drug-likeness (QED) is 0.460. The SMILES string of the molecule is COc1cccc2cc(C(=O)OC(C)C(=O)Nc3ccc(NC(C)=O)cc3)c(=O)oc12. The Labute approximate surface area is 177 Å². The average Bonchev–Trinajstić information content (AvgIpc) is 2.73. The van der Waals surface area contributed by atoms with Gasteiger partial charge in [0.05, 0.1) is 7.11 Å². The van der Waals surface area contributed by atoms with Crippen LogP contribution in [0.4, 0.5) is 11.4 Å². The number of para-hydroxylation sites is 1. The van der Waals surface area contributed by atoms with Crippen molar-refractivity contribution in [3.05, 3.63) is 64.5 Å². The molecule has 160 valence electrons. The summed E-state index contributed by atoms with van der Waals surface area (Å²) in [5.41, 5.74) is -0.00719. The highest BCUT2D eigenvalue weighted by Gasteiger charge is 2.23. The van der Waals surface area contributed by atoms with Crippen LogP contribution in [0.3, 0.4) is 0 Å². The molecule has 2 aromatic carbocycles. The van der Waals surface area contributed by atoms with Crippen molar-refractivity contribution in [2.75, 3.05) is 17.7 Å². The highest BCUT2D eigenvalue weighted by Crippen LogP contribution is 2.24. The molecule has 31 heavy (non-hydrogen) atoms. The number of fused-ring (bicyclic) bond motifs is 1. The van der Waals surface area contributed by atoms with Gasteiger partial charge in [-0.2, -0.15) is 0 Å². The Hall–Kier alpha value is -4.14. The minimum Gasteiger partial charge on any atom is -0.493 e. The van der Waals surface area contributed by atoms with Gasteiger partial charge in [0.25, 0.3) is 5.91 Å². The molecule has 0 aliphatic carbocycles. The van der Waals surface area contributed by atoms with Crippen molar-refractivity contribution in [1.29, 1.82) is 0 Å². The second-order valence-electron chi connectivity index (χ2n) is 6.62. The molecule has 0 fully saturated rings. The van der Waals surface area contributed by atoms with Crippen LogP contribution in [0.25, 0.3) is 11.0 Å². The molecule has 3 rings (SSSR count). The molecule has 0 radical (unpaired) electrons. The van der Waals surface area contributed by atoms with E-state index in [1.807, 2.05) is 0 Å². The largest absolute Gasteiger partial charge is 0.493 e. The number of nitrogens with one attached hydrogen (secondary N) is 2. The van der Waals surface area contributed by atoms with Crippen molar-refractivity contribution in [3.8, 4) is 5.75 Å². The molecule has 1 heterocycles. The monoisotopic (exact) mass is 424 g/mol. The molecular formula is C22H20N2O7. The summed E-state index contributed by atoms with van der Waals surface area (Å²) in [6, 6.07) is 12.7. The van der Waals surface area contributed by atoms with Gasteiger partial charge in [-0.1, -0.05) is 12.1 Å². The van der Waals surface area contributed by atoms with Gasteiger partial charge in [-0.05, 0) is 43.3 Å². The molecular weight excluding hydrogens is 404 g/mol. The van der Waals surface area contributed by atoms with Crippen LogP contribution >= 0.6 is 0 Å². The minimum atomic E-state index is -1.18. The van der Waals surface area contributed by atoms with E-state index in [9.17, 15) is 19.2 Å². The zero-order chi connectivity index (χ0) is 22.5. The lowest BCUT2D eigenvalue weighted by Gasteiger charge is -2.14. The first-order valence-corrected chi connectivity index (χ1v) is 9.29. The fraction of sp³-hybridized carbons (Fsp3) is 0.182. The third-order valence-corrected chi connectivity index (χ3v) is 4.29. The molecule has 1 aromatic heterocycles. The molecule has 0 saturated carbocycles. The second-order valence-corrected chi connectivity index (χ2v) is 6.62. The van der Waals surface area contributed by atoms with Crippen LogP contribution < -0.4 is 21.0 Å². The Bertz CT molecular complexity index is 1200. The standard InChI is InChI=1S/C22H20N2O7/c1-12(20(26)24-16-9-7-15(8-10-16)23-13(2)25)30-21(27)17-11-14-5-4-6-18(29-3)19(14)31-22(17)28/h4-12H,1-3H3,(H,23,25)(H,24,26). The normalized spacial score (nSPS) is 11.5. The molecule has 1 atom stereocenters. The Morgan fingerprint density at radius 2 is 1.65 bits per heavy atom. The van der Waals surface area contributed by atoms with E-state index in [4.69, 9.17) is 13.9 Å². The molecule has 0 aliphatic heterocycles. The summed E-state index contributed by atoms with van der Waals surface area (Å²) in [5, 5.41) is 5.68. The molecule has 0 spiro atoms. The van der Waals surface area contributed by atoms with Crippen LogP contribution in [0.5, 0.6) is 5.75 Å². The average molecular weight is 424 g/mol. The van der Waals surface area contributed by atoms with Crippen molar-refractivity contribution >= 4 is 40.1 Å². The number of hydrogen-bond acceptors (Lipinski definition) is 7. The van der Waals surface area contributed by atoms with Crippen LogP contribution in [0.1, 0.15) is 24.2 Å². The Balaban J connectivity index is 1.70. The maximum absolute atomic E-state index is 12.4. The van der Waals surface area contributed by atoms with Gasteiger partial charge in [-0.25, -0.2) is 9.59 Å². The number of hydrogen-bond donors (Lipinski definition) is 2. The zero-order valence-corrected chi connectivity index (χ0v) is 17.1. The molecule has 3 aromatic rings. The number of ether oxygens (including phenoxy) is 2. The number of amides is 2. The van der Waals surface area contributed by atoms with Gasteiger partial charge < -0.3 is 24.5 Å².